The van der Waals surface area contributed by atoms with Crippen molar-refractivity contribution in [3.63, 3.8) is 0 Å². The molecule has 1 saturated heterocycles. The van der Waals surface area contributed by atoms with Crippen molar-refractivity contribution in [1.82, 2.24) is 14.8 Å². The molecule has 0 spiro atoms. The molecule has 7 heteroatoms. The summed E-state index contributed by atoms with van der Waals surface area (Å²) in [5.74, 6) is 1.20. The van der Waals surface area contributed by atoms with Gasteiger partial charge >= 0.3 is 0 Å². The number of hydrogen-bond acceptors (Lipinski definition) is 4. The normalized spacial score (nSPS) is 14.8. The van der Waals surface area contributed by atoms with Crippen molar-refractivity contribution in [2.75, 3.05) is 26.2 Å². The highest BCUT2D eigenvalue weighted by Crippen LogP contribution is 2.29. The fourth-order valence-electron chi connectivity index (χ4n) is 4.60. The van der Waals surface area contributed by atoms with E-state index >= 15 is 0 Å². The van der Waals surface area contributed by atoms with Gasteiger partial charge < -0.3 is 9.64 Å². The van der Waals surface area contributed by atoms with Crippen LogP contribution < -0.4 is 4.74 Å². The molecule has 5 nitrogen and oxygen atoms in total. The average Bonchev–Trinajstić information content (AvgIpc) is 2.94. The first kappa shape index (κ1) is 25.3. The van der Waals surface area contributed by atoms with Crippen molar-refractivity contribution in [3.05, 3.63) is 124 Å². The van der Waals surface area contributed by atoms with Crippen LogP contribution in [0.15, 0.2) is 97.2 Å². The number of nitrogens with zero attached hydrogens (tertiary/aromatic N) is 3. The van der Waals surface area contributed by atoms with Gasteiger partial charge in [0.05, 0.1) is 0 Å². The highest BCUT2D eigenvalue weighted by atomic mass is 35.5. The number of carbonyl (C=O) groups is 1. The van der Waals surface area contributed by atoms with Crippen molar-refractivity contribution in [2.45, 2.75) is 12.5 Å². The van der Waals surface area contributed by atoms with Crippen LogP contribution in [0.1, 0.15) is 27.5 Å². The molecule has 0 N–H and O–H groups in total. The fourth-order valence-corrected chi connectivity index (χ4v) is 4.85. The molecule has 2 heterocycles. The minimum atomic E-state index is 0.0322. The molecule has 188 valence electrons. The van der Waals surface area contributed by atoms with E-state index in [-0.39, 0.29) is 11.9 Å². The monoisotopic (exact) mass is 531 g/mol. The molecular formula is C30H27Cl2N3O2. The summed E-state index contributed by atoms with van der Waals surface area (Å²) in [6.45, 7) is 2.90. The minimum absolute atomic E-state index is 0.0322. The summed E-state index contributed by atoms with van der Waals surface area (Å²) in [5, 5.41) is 1.45. The zero-order chi connectivity index (χ0) is 25.6. The van der Waals surface area contributed by atoms with E-state index in [2.05, 4.69) is 34.1 Å². The summed E-state index contributed by atoms with van der Waals surface area (Å²) >= 11 is 12.3. The molecule has 1 aliphatic heterocycles. The van der Waals surface area contributed by atoms with Gasteiger partial charge in [0.2, 0.25) is 5.88 Å². The van der Waals surface area contributed by atoms with Crippen LogP contribution in [-0.2, 0) is 6.42 Å². The molecule has 0 aliphatic carbocycles. The van der Waals surface area contributed by atoms with Crippen LogP contribution >= 0.6 is 23.2 Å². The lowest BCUT2D eigenvalue weighted by molar-refractivity contribution is 0.0566. The van der Waals surface area contributed by atoms with Gasteiger partial charge in [-0.1, -0.05) is 53.5 Å². The van der Waals surface area contributed by atoms with E-state index in [9.17, 15) is 4.79 Å². The molecule has 37 heavy (non-hydrogen) atoms. The molecule has 0 saturated carbocycles. The van der Waals surface area contributed by atoms with E-state index in [0.29, 0.717) is 30.3 Å². The minimum Gasteiger partial charge on any atom is -0.439 e. The smallest absolute Gasteiger partial charge is 0.253 e. The van der Waals surface area contributed by atoms with Crippen molar-refractivity contribution in [1.29, 1.82) is 0 Å². The Labute approximate surface area is 227 Å². The SMILES string of the molecule is O=C(c1ccc(Oc2ccccn2)cc1)N1CCN(C(Cc2ccc(Cl)cc2)c2ccc(Cl)cc2)CC1. The maximum Gasteiger partial charge on any atom is 0.253 e. The molecule has 1 fully saturated rings. The first-order chi connectivity index (χ1) is 18.0. The van der Waals surface area contributed by atoms with Crippen molar-refractivity contribution >= 4 is 29.1 Å². The summed E-state index contributed by atoms with van der Waals surface area (Å²) in [6.07, 6.45) is 2.53. The number of rotatable bonds is 7. The number of carbonyl (C=O) groups excluding carboxylic acids is 1. The quantitative estimate of drug-likeness (QED) is 0.259. The number of pyridine rings is 1. The summed E-state index contributed by atoms with van der Waals surface area (Å²) < 4.78 is 5.75. The topological polar surface area (TPSA) is 45.7 Å². The summed E-state index contributed by atoms with van der Waals surface area (Å²) in [7, 11) is 0. The number of piperazine rings is 1. The van der Waals surface area contributed by atoms with Crippen LogP contribution in [-0.4, -0.2) is 46.9 Å². The van der Waals surface area contributed by atoms with Gasteiger partial charge in [0, 0.05) is 60.1 Å². The number of hydrogen-bond donors (Lipinski definition) is 0. The first-order valence-electron chi connectivity index (χ1n) is 12.3. The van der Waals surface area contributed by atoms with Crippen LogP contribution in [0.3, 0.4) is 0 Å². The molecular weight excluding hydrogens is 505 g/mol. The van der Waals surface area contributed by atoms with Crippen LogP contribution in [0.4, 0.5) is 0 Å². The zero-order valence-electron chi connectivity index (χ0n) is 20.3. The van der Waals surface area contributed by atoms with Gasteiger partial charge in [-0.2, -0.15) is 0 Å². The second-order valence-corrected chi connectivity index (χ2v) is 9.89. The van der Waals surface area contributed by atoms with Gasteiger partial charge in [-0.05, 0) is 72.1 Å². The molecule has 1 atom stereocenters. The Morgan fingerprint density at radius 2 is 1.46 bits per heavy atom. The number of benzene rings is 3. The van der Waals surface area contributed by atoms with Crippen molar-refractivity contribution in [2.24, 2.45) is 0 Å². The third-order valence-electron chi connectivity index (χ3n) is 6.60. The van der Waals surface area contributed by atoms with Crippen LogP contribution in [0.5, 0.6) is 11.6 Å². The maximum atomic E-state index is 13.2. The lowest BCUT2D eigenvalue weighted by atomic mass is 9.96. The number of halogens is 2. The standard InChI is InChI=1S/C30H27Cl2N3O2/c31-25-10-4-22(5-11-25)21-28(23-6-12-26(32)13-7-23)34-17-19-35(20-18-34)30(36)24-8-14-27(15-9-24)37-29-3-1-2-16-33-29/h1-16,28H,17-21H2. The zero-order valence-corrected chi connectivity index (χ0v) is 21.8. The predicted molar refractivity (Wildman–Crippen MR) is 148 cm³/mol. The second-order valence-electron chi connectivity index (χ2n) is 9.02. The predicted octanol–water partition coefficient (Wildman–Crippen LogP) is 6.92. The van der Waals surface area contributed by atoms with Gasteiger partial charge in [-0.25, -0.2) is 4.98 Å². The molecule has 3 aromatic carbocycles. The van der Waals surface area contributed by atoms with Crippen molar-refractivity contribution in [3.8, 4) is 11.6 Å². The largest absolute Gasteiger partial charge is 0.439 e. The highest BCUT2D eigenvalue weighted by Gasteiger charge is 2.28. The Hall–Kier alpha value is -3.38. The summed E-state index contributed by atoms with van der Waals surface area (Å²) in [6, 6.07) is 29.0. The van der Waals surface area contributed by atoms with Gasteiger partial charge in [0.1, 0.15) is 5.75 Å². The van der Waals surface area contributed by atoms with Gasteiger partial charge in [-0.15, -0.1) is 0 Å². The Kier molecular flexibility index (Phi) is 8.05. The number of aromatic nitrogens is 1. The fraction of sp³-hybridized carbons (Fsp3) is 0.200. The number of amides is 1. The third kappa shape index (κ3) is 6.50. The Morgan fingerprint density at radius 3 is 2.08 bits per heavy atom. The van der Waals surface area contributed by atoms with E-state index < -0.39 is 0 Å². The molecule has 0 radical (unpaired) electrons. The summed E-state index contributed by atoms with van der Waals surface area (Å²) in [4.78, 5) is 21.7. The van der Waals surface area contributed by atoms with Gasteiger partial charge in [0.15, 0.2) is 0 Å². The van der Waals surface area contributed by atoms with E-state index in [1.807, 2.05) is 53.4 Å². The molecule has 4 aromatic rings. The van der Waals surface area contributed by atoms with E-state index in [1.54, 1.807) is 24.4 Å². The Bertz CT molecular complexity index is 1310. The highest BCUT2D eigenvalue weighted by molar-refractivity contribution is 6.30. The second kappa shape index (κ2) is 11.8. The van der Waals surface area contributed by atoms with Crippen molar-refractivity contribution < 1.29 is 9.53 Å². The maximum absolute atomic E-state index is 13.2. The van der Waals surface area contributed by atoms with Gasteiger partial charge in [0.25, 0.3) is 5.91 Å². The van der Waals surface area contributed by atoms with Crippen LogP contribution in [0.2, 0.25) is 10.0 Å². The Balaban J connectivity index is 1.24. The van der Waals surface area contributed by atoms with Crippen LogP contribution in [0.25, 0.3) is 0 Å². The lowest BCUT2D eigenvalue weighted by Gasteiger charge is -2.39. The molecule has 1 unspecified atom stereocenters. The Morgan fingerprint density at radius 1 is 0.811 bits per heavy atom. The lowest BCUT2D eigenvalue weighted by Crippen LogP contribution is -2.50. The average molecular weight is 532 g/mol. The van der Waals surface area contributed by atoms with Gasteiger partial charge in [-0.3, -0.25) is 9.69 Å². The number of ether oxygens (including phenoxy) is 1. The van der Waals surface area contributed by atoms with E-state index in [1.165, 1.54) is 11.1 Å². The third-order valence-corrected chi connectivity index (χ3v) is 7.10. The first-order valence-corrected chi connectivity index (χ1v) is 13.0. The molecule has 1 aromatic heterocycles. The van der Waals surface area contributed by atoms with Crippen LogP contribution in [0, 0.1) is 0 Å². The molecule has 5 rings (SSSR count). The molecule has 0 bridgehead atoms. The summed E-state index contributed by atoms with van der Waals surface area (Å²) in [5.41, 5.74) is 3.08. The van der Waals surface area contributed by atoms with E-state index in [4.69, 9.17) is 27.9 Å². The molecule has 1 amide bonds. The molecule has 1 aliphatic rings. The van der Waals surface area contributed by atoms with E-state index in [0.717, 1.165) is 29.6 Å².